The lowest BCUT2D eigenvalue weighted by Gasteiger charge is -2.29. The van der Waals surface area contributed by atoms with E-state index in [4.69, 9.17) is 4.42 Å². The number of benzene rings is 2. The lowest BCUT2D eigenvalue weighted by molar-refractivity contribution is -0.125. The van der Waals surface area contributed by atoms with E-state index in [1.165, 1.54) is 23.9 Å². The van der Waals surface area contributed by atoms with Gasteiger partial charge in [-0.25, -0.2) is 4.39 Å². The van der Waals surface area contributed by atoms with Crippen molar-refractivity contribution in [2.75, 3.05) is 5.75 Å². The van der Waals surface area contributed by atoms with Crippen molar-refractivity contribution in [2.24, 2.45) is 0 Å². The number of nitrogens with zero attached hydrogens (tertiary/aromatic N) is 1. The molecule has 5 nitrogen and oxygen atoms in total. The number of hydrogen-bond donors (Lipinski definition) is 1. The van der Waals surface area contributed by atoms with E-state index in [0.717, 1.165) is 11.1 Å². The molecule has 1 aliphatic heterocycles. The maximum Gasteiger partial charge on any atom is 0.256 e. The van der Waals surface area contributed by atoms with Crippen molar-refractivity contribution in [3.8, 4) is 0 Å². The van der Waals surface area contributed by atoms with E-state index in [2.05, 4.69) is 5.32 Å². The molecule has 7 heteroatoms. The summed E-state index contributed by atoms with van der Waals surface area (Å²) in [6, 6.07) is 16.3. The molecule has 2 heterocycles. The van der Waals surface area contributed by atoms with Gasteiger partial charge in [-0.05, 0) is 48.4 Å². The summed E-state index contributed by atoms with van der Waals surface area (Å²) in [5.74, 6) is 0.284. The van der Waals surface area contributed by atoms with Crippen molar-refractivity contribution in [1.82, 2.24) is 10.2 Å². The Morgan fingerprint density at radius 1 is 1.13 bits per heavy atom. The number of rotatable bonds is 5. The van der Waals surface area contributed by atoms with Gasteiger partial charge in [0.2, 0.25) is 5.91 Å². The topological polar surface area (TPSA) is 62.6 Å². The van der Waals surface area contributed by atoms with Crippen LogP contribution in [0, 0.1) is 12.7 Å². The number of nitrogens with one attached hydrogen (secondary N) is 1. The number of carbonyl (C=O) groups excluding carboxylic acids is 2. The maximum absolute atomic E-state index is 13.5. The van der Waals surface area contributed by atoms with Crippen LogP contribution in [-0.4, -0.2) is 28.5 Å². The third kappa shape index (κ3) is 4.11. The van der Waals surface area contributed by atoms with Crippen LogP contribution in [0.1, 0.15) is 32.6 Å². The van der Waals surface area contributed by atoms with Crippen molar-refractivity contribution in [3.05, 3.63) is 95.2 Å². The molecular formula is C23H21FN2O3S. The molecule has 3 aromatic rings. The van der Waals surface area contributed by atoms with E-state index in [-0.39, 0.29) is 29.6 Å². The predicted molar refractivity (Wildman–Crippen MR) is 113 cm³/mol. The molecule has 1 aliphatic rings. The van der Waals surface area contributed by atoms with Crippen molar-refractivity contribution < 1.29 is 18.4 Å². The van der Waals surface area contributed by atoms with Gasteiger partial charge in [-0.1, -0.05) is 30.3 Å². The summed E-state index contributed by atoms with van der Waals surface area (Å²) in [5.41, 5.74) is 2.17. The van der Waals surface area contributed by atoms with Crippen LogP contribution in [0.3, 0.4) is 0 Å². The number of aryl methyl sites for hydroxylation is 1. The quantitative estimate of drug-likeness (QED) is 0.663. The van der Waals surface area contributed by atoms with Gasteiger partial charge in [0, 0.05) is 11.3 Å². The van der Waals surface area contributed by atoms with Gasteiger partial charge in [0.1, 0.15) is 23.0 Å². The third-order valence-electron chi connectivity index (χ3n) is 5.09. The smallest absolute Gasteiger partial charge is 0.256 e. The molecule has 1 N–H and O–H groups in total. The molecule has 2 atom stereocenters. The van der Waals surface area contributed by atoms with E-state index in [1.807, 2.05) is 25.1 Å². The van der Waals surface area contributed by atoms with Crippen LogP contribution in [-0.2, 0) is 11.3 Å². The molecule has 154 valence electrons. The summed E-state index contributed by atoms with van der Waals surface area (Å²) in [4.78, 5) is 28.1. The van der Waals surface area contributed by atoms with Gasteiger partial charge in [-0.15, -0.1) is 11.8 Å². The summed E-state index contributed by atoms with van der Waals surface area (Å²) in [5, 5.41) is 2.48. The molecular weight excluding hydrogens is 403 g/mol. The molecule has 0 radical (unpaired) electrons. The highest BCUT2D eigenvalue weighted by Crippen LogP contribution is 2.42. The summed E-state index contributed by atoms with van der Waals surface area (Å²) < 4.78 is 18.7. The summed E-state index contributed by atoms with van der Waals surface area (Å²) >= 11 is 1.50. The Morgan fingerprint density at radius 2 is 1.90 bits per heavy atom. The Labute approximate surface area is 178 Å². The Hall–Kier alpha value is -3.06. The van der Waals surface area contributed by atoms with Crippen LogP contribution < -0.4 is 5.32 Å². The van der Waals surface area contributed by atoms with Crippen LogP contribution in [0.4, 0.5) is 4.39 Å². The predicted octanol–water partition coefficient (Wildman–Crippen LogP) is 4.30. The van der Waals surface area contributed by atoms with Crippen molar-refractivity contribution in [1.29, 1.82) is 0 Å². The average molecular weight is 424 g/mol. The van der Waals surface area contributed by atoms with Gasteiger partial charge in [0.15, 0.2) is 0 Å². The largest absolute Gasteiger partial charge is 0.467 e. The van der Waals surface area contributed by atoms with E-state index in [9.17, 15) is 14.0 Å². The monoisotopic (exact) mass is 424 g/mol. The standard InChI is InChI=1S/C23H21FN2O3S/c1-15-5-2-3-7-19(15)22(28)26-20(21(27)25-13-18-6-4-12-29-18)14-30-23(26)16-8-10-17(24)11-9-16/h2-12,20,23H,13-14H2,1H3,(H,25,27). The molecule has 2 aromatic carbocycles. The second-order valence-electron chi connectivity index (χ2n) is 7.08. The first-order valence-electron chi connectivity index (χ1n) is 9.60. The van der Waals surface area contributed by atoms with Crippen molar-refractivity contribution in [3.63, 3.8) is 0 Å². The first-order chi connectivity index (χ1) is 14.5. The molecule has 1 saturated heterocycles. The van der Waals surface area contributed by atoms with E-state index in [1.54, 1.807) is 41.5 Å². The molecule has 1 fully saturated rings. The zero-order chi connectivity index (χ0) is 21.1. The van der Waals surface area contributed by atoms with Crippen LogP contribution in [0.15, 0.2) is 71.3 Å². The molecule has 2 unspecified atom stereocenters. The van der Waals surface area contributed by atoms with Crippen molar-refractivity contribution in [2.45, 2.75) is 24.9 Å². The van der Waals surface area contributed by atoms with Gasteiger partial charge in [0.05, 0.1) is 12.8 Å². The average Bonchev–Trinajstić information content (AvgIpc) is 3.42. The molecule has 0 spiro atoms. The highest BCUT2D eigenvalue weighted by Gasteiger charge is 2.42. The fourth-order valence-corrected chi connectivity index (χ4v) is 4.93. The normalized spacial score (nSPS) is 18.4. The second kappa shape index (κ2) is 8.75. The Kier molecular flexibility index (Phi) is 5.90. The molecule has 0 saturated carbocycles. The van der Waals surface area contributed by atoms with Gasteiger partial charge < -0.3 is 14.6 Å². The van der Waals surface area contributed by atoms with Crippen LogP contribution in [0.2, 0.25) is 0 Å². The molecule has 1 aromatic heterocycles. The van der Waals surface area contributed by atoms with Gasteiger partial charge in [-0.2, -0.15) is 0 Å². The molecule has 30 heavy (non-hydrogen) atoms. The fourth-order valence-electron chi connectivity index (χ4n) is 3.50. The number of amides is 2. The number of halogens is 1. The third-order valence-corrected chi connectivity index (χ3v) is 6.41. The lowest BCUT2D eigenvalue weighted by atomic mass is 10.1. The minimum atomic E-state index is -0.646. The zero-order valence-electron chi connectivity index (χ0n) is 16.4. The first-order valence-corrected chi connectivity index (χ1v) is 10.6. The fraction of sp³-hybridized carbons (Fsp3) is 0.217. The van der Waals surface area contributed by atoms with Gasteiger partial charge in [0.25, 0.3) is 5.91 Å². The Balaban J connectivity index is 1.63. The number of carbonyl (C=O) groups is 2. The number of thioether (sulfide) groups is 1. The van der Waals surface area contributed by atoms with Crippen molar-refractivity contribution >= 4 is 23.6 Å². The summed E-state index contributed by atoms with van der Waals surface area (Å²) in [6.45, 7) is 2.12. The maximum atomic E-state index is 13.5. The zero-order valence-corrected chi connectivity index (χ0v) is 17.2. The Morgan fingerprint density at radius 3 is 2.60 bits per heavy atom. The van der Waals surface area contributed by atoms with E-state index < -0.39 is 6.04 Å². The summed E-state index contributed by atoms with van der Waals surface area (Å²) in [6.07, 6.45) is 1.55. The van der Waals surface area contributed by atoms with Gasteiger partial charge in [-0.3, -0.25) is 9.59 Å². The highest BCUT2D eigenvalue weighted by atomic mass is 32.2. The second-order valence-corrected chi connectivity index (χ2v) is 8.19. The Bertz CT molecular complexity index is 1040. The number of hydrogen-bond acceptors (Lipinski definition) is 4. The lowest BCUT2D eigenvalue weighted by Crippen LogP contribution is -2.47. The molecule has 0 aliphatic carbocycles. The minimum absolute atomic E-state index is 0.217. The van der Waals surface area contributed by atoms with Crippen LogP contribution in [0.5, 0.6) is 0 Å². The van der Waals surface area contributed by atoms with E-state index >= 15 is 0 Å². The number of furan rings is 1. The molecule has 2 amide bonds. The van der Waals surface area contributed by atoms with Gasteiger partial charge >= 0.3 is 0 Å². The van der Waals surface area contributed by atoms with E-state index in [0.29, 0.717) is 17.1 Å². The SMILES string of the molecule is Cc1ccccc1C(=O)N1C(C(=O)NCc2ccco2)CSC1c1ccc(F)cc1. The highest BCUT2D eigenvalue weighted by molar-refractivity contribution is 7.99. The first kappa shape index (κ1) is 20.2. The van der Waals surface area contributed by atoms with Crippen LogP contribution in [0.25, 0.3) is 0 Å². The molecule has 0 bridgehead atoms. The molecule has 4 rings (SSSR count). The van der Waals surface area contributed by atoms with Crippen LogP contribution >= 0.6 is 11.8 Å². The summed E-state index contributed by atoms with van der Waals surface area (Å²) in [7, 11) is 0. The minimum Gasteiger partial charge on any atom is -0.467 e.